The fourth-order valence-corrected chi connectivity index (χ4v) is 5.58. The molecule has 40 heavy (non-hydrogen) atoms. The van der Waals surface area contributed by atoms with Crippen LogP contribution < -0.4 is 10.1 Å². The molecule has 1 aliphatic carbocycles. The van der Waals surface area contributed by atoms with Crippen LogP contribution in [0.25, 0.3) is 0 Å². The van der Waals surface area contributed by atoms with E-state index in [0.29, 0.717) is 5.56 Å². The Kier molecular flexibility index (Phi) is 7.05. The molecule has 5 rings (SSSR count). The molecule has 1 saturated carbocycles. The molecule has 1 amide bonds. The Bertz CT molecular complexity index is 1410. The van der Waals surface area contributed by atoms with Crippen molar-refractivity contribution in [3.05, 3.63) is 35.9 Å². The van der Waals surface area contributed by atoms with Crippen LogP contribution in [0.3, 0.4) is 0 Å². The second-order valence-corrected chi connectivity index (χ2v) is 12.1. The lowest BCUT2D eigenvalue weighted by Crippen LogP contribution is -2.66. The molecule has 3 aliphatic rings. The number of hydrogen-bond donors (Lipinski definition) is 1. The van der Waals surface area contributed by atoms with Gasteiger partial charge in [-0.1, -0.05) is 0 Å². The SMILES string of the molecule is Cc1c(Nc2ccc(S(C)(=O)=O)cc2F)ncnc1OC1CC2COCC(C1)N2C(=O)OC1CC(F)(F)C1(F)F. The van der Waals surface area contributed by atoms with Crippen LogP contribution in [0.1, 0.15) is 24.8 Å². The summed E-state index contributed by atoms with van der Waals surface area (Å²) < 4.78 is 108. The topological polar surface area (TPSA) is 120 Å². The van der Waals surface area contributed by atoms with Crippen LogP contribution in [0.15, 0.2) is 29.4 Å². The van der Waals surface area contributed by atoms with E-state index < -0.39 is 64.3 Å². The van der Waals surface area contributed by atoms with Crippen molar-refractivity contribution in [2.24, 2.45) is 0 Å². The van der Waals surface area contributed by atoms with Crippen LogP contribution in [0.2, 0.25) is 0 Å². The first-order valence-electron chi connectivity index (χ1n) is 12.2. The van der Waals surface area contributed by atoms with Crippen molar-refractivity contribution in [3.8, 4) is 5.88 Å². The van der Waals surface area contributed by atoms with Crippen LogP contribution in [0, 0.1) is 12.7 Å². The number of fused-ring (bicyclic) bond motifs is 2. The fourth-order valence-electron chi connectivity index (χ4n) is 4.95. The number of aromatic nitrogens is 2. The zero-order valence-corrected chi connectivity index (χ0v) is 22.1. The second kappa shape index (κ2) is 9.98. The molecule has 2 saturated heterocycles. The third-order valence-electron chi connectivity index (χ3n) is 7.20. The maximum Gasteiger partial charge on any atom is 0.410 e. The van der Waals surface area contributed by atoms with Gasteiger partial charge in [0.05, 0.1) is 47.9 Å². The number of amides is 1. The maximum atomic E-state index is 14.6. The normalized spacial score (nSPS) is 26.9. The van der Waals surface area contributed by atoms with Crippen molar-refractivity contribution in [1.29, 1.82) is 0 Å². The van der Waals surface area contributed by atoms with E-state index in [1.807, 2.05) is 0 Å². The smallest absolute Gasteiger partial charge is 0.410 e. The van der Waals surface area contributed by atoms with Crippen LogP contribution in [0.5, 0.6) is 5.88 Å². The Hall–Kier alpha value is -3.27. The van der Waals surface area contributed by atoms with Crippen LogP contribution in [-0.2, 0) is 19.3 Å². The van der Waals surface area contributed by atoms with Gasteiger partial charge in [0.25, 0.3) is 0 Å². The number of halogens is 5. The van der Waals surface area contributed by atoms with E-state index in [2.05, 4.69) is 15.3 Å². The highest BCUT2D eigenvalue weighted by molar-refractivity contribution is 7.90. The number of piperidine rings is 1. The third kappa shape index (κ3) is 5.13. The quantitative estimate of drug-likeness (QED) is 0.499. The molecule has 16 heteroatoms. The molecule has 1 aromatic carbocycles. The molecule has 0 radical (unpaired) electrons. The number of benzene rings is 1. The number of alkyl halides is 4. The zero-order valence-electron chi connectivity index (χ0n) is 21.2. The van der Waals surface area contributed by atoms with Crippen LogP contribution in [0.4, 0.5) is 38.3 Å². The van der Waals surface area contributed by atoms with Gasteiger partial charge in [0.15, 0.2) is 15.9 Å². The first-order valence-corrected chi connectivity index (χ1v) is 14.1. The number of sulfone groups is 1. The second-order valence-electron chi connectivity index (χ2n) is 10.1. The lowest BCUT2D eigenvalue weighted by molar-refractivity contribution is -0.331. The van der Waals surface area contributed by atoms with Crippen LogP contribution >= 0.6 is 0 Å². The molecule has 0 spiro atoms. The summed E-state index contributed by atoms with van der Waals surface area (Å²) in [6.07, 6.45) is -2.44. The van der Waals surface area contributed by atoms with E-state index in [9.17, 15) is 35.2 Å². The van der Waals surface area contributed by atoms with Crippen molar-refractivity contribution in [2.75, 3.05) is 24.8 Å². The molecule has 3 unspecified atom stereocenters. The van der Waals surface area contributed by atoms with Crippen molar-refractivity contribution >= 4 is 27.4 Å². The van der Waals surface area contributed by atoms with Gasteiger partial charge < -0.3 is 19.5 Å². The summed E-state index contributed by atoms with van der Waals surface area (Å²) in [6, 6.07) is 2.20. The number of rotatable bonds is 6. The van der Waals surface area contributed by atoms with E-state index in [1.54, 1.807) is 6.92 Å². The van der Waals surface area contributed by atoms with Gasteiger partial charge in [-0.3, -0.25) is 4.90 Å². The number of anilines is 2. The molecule has 3 atom stereocenters. The molecular weight excluding hydrogens is 567 g/mol. The summed E-state index contributed by atoms with van der Waals surface area (Å²) in [5.74, 6) is -9.07. The van der Waals surface area contributed by atoms with E-state index >= 15 is 0 Å². The average Bonchev–Trinajstić information content (AvgIpc) is 2.86. The number of nitrogens with one attached hydrogen (secondary N) is 1. The number of hydrogen-bond acceptors (Lipinski definition) is 9. The van der Waals surface area contributed by atoms with E-state index in [4.69, 9.17) is 14.2 Å². The van der Waals surface area contributed by atoms with Crippen molar-refractivity contribution in [3.63, 3.8) is 0 Å². The standard InChI is InChI=1S/C24H25F5N4O6S/c1-12-20(32-18-4-3-16(7-17(18)25)40(2,35)36)30-11-31-21(12)38-15-5-13-9-37-10-14(6-15)33(13)22(34)39-19-8-23(26,27)24(19,28)29/h3-4,7,11,13-15,19H,5-6,8-10H2,1-2H3,(H,30,31,32). The van der Waals surface area contributed by atoms with Gasteiger partial charge in [-0.05, 0) is 25.1 Å². The minimum atomic E-state index is -4.43. The molecule has 1 aromatic heterocycles. The molecule has 3 fully saturated rings. The zero-order chi connectivity index (χ0) is 29.0. The van der Waals surface area contributed by atoms with Gasteiger partial charge in [-0.2, -0.15) is 17.6 Å². The number of nitrogens with zero attached hydrogens (tertiary/aromatic N) is 3. The summed E-state index contributed by atoms with van der Waals surface area (Å²) in [4.78, 5) is 22.0. The lowest BCUT2D eigenvalue weighted by Gasteiger charge is -2.49. The van der Waals surface area contributed by atoms with Crippen molar-refractivity contribution in [2.45, 2.75) is 67.2 Å². The largest absolute Gasteiger partial charge is 0.474 e. The van der Waals surface area contributed by atoms with Crippen molar-refractivity contribution < 1.29 is 49.4 Å². The molecule has 2 bridgehead atoms. The summed E-state index contributed by atoms with van der Waals surface area (Å²) in [5.41, 5.74) is 0.402. The molecule has 2 aromatic rings. The minimum Gasteiger partial charge on any atom is -0.474 e. The summed E-state index contributed by atoms with van der Waals surface area (Å²) >= 11 is 0. The Morgan fingerprint density at radius 3 is 2.40 bits per heavy atom. The highest BCUT2D eigenvalue weighted by atomic mass is 32.2. The van der Waals surface area contributed by atoms with E-state index in [-0.39, 0.29) is 48.3 Å². The van der Waals surface area contributed by atoms with Gasteiger partial charge in [-0.25, -0.2) is 27.6 Å². The van der Waals surface area contributed by atoms with Gasteiger partial charge >= 0.3 is 17.9 Å². The summed E-state index contributed by atoms with van der Waals surface area (Å²) in [7, 11) is -3.59. The summed E-state index contributed by atoms with van der Waals surface area (Å²) in [6.45, 7) is 1.77. The molecular formula is C24H25F5N4O6S. The molecule has 10 nitrogen and oxygen atoms in total. The number of carbonyl (C=O) groups excluding carboxylic acids is 1. The molecule has 218 valence electrons. The highest BCUT2D eigenvalue weighted by Gasteiger charge is 2.74. The Balaban J connectivity index is 1.26. The lowest BCUT2D eigenvalue weighted by atomic mass is 9.85. The molecule has 3 heterocycles. The predicted molar refractivity (Wildman–Crippen MR) is 128 cm³/mol. The molecule has 1 N–H and O–H groups in total. The monoisotopic (exact) mass is 592 g/mol. The molecule has 2 aliphatic heterocycles. The van der Waals surface area contributed by atoms with Gasteiger partial charge in [-0.15, -0.1) is 0 Å². The Labute approximate surface area is 225 Å². The predicted octanol–water partition coefficient (Wildman–Crippen LogP) is 3.86. The fraction of sp³-hybridized carbons (Fsp3) is 0.542. The summed E-state index contributed by atoms with van der Waals surface area (Å²) in [5, 5.41) is 2.80. The average molecular weight is 593 g/mol. The minimum absolute atomic E-state index is 0.0199. The van der Waals surface area contributed by atoms with Crippen molar-refractivity contribution in [1.82, 2.24) is 14.9 Å². The van der Waals surface area contributed by atoms with Crippen LogP contribution in [-0.4, -0.2) is 85.0 Å². The maximum absolute atomic E-state index is 14.6. The number of morpholine rings is 1. The van der Waals surface area contributed by atoms with E-state index in [0.717, 1.165) is 12.3 Å². The highest BCUT2D eigenvalue weighted by Crippen LogP contribution is 2.52. The van der Waals surface area contributed by atoms with E-state index in [1.165, 1.54) is 23.4 Å². The first kappa shape index (κ1) is 28.3. The Morgan fingerprint density at radius 2 is 1.82 bits per heavy atom. The van der Waals surface area contributed by atoms with Gasteiger partial charge in [0, 0.05) is 19.1 Å². The Morgan fingerprint density at radius 1 is 1.15 bits per heavy atom. The number of carbonyl (C=O) groups is 1. The van der Waals surface area contributed by atoms with Gasteiger partial charge in [0.1, 0.15) is 24.1 Å². The first-order chi connectivity index (χ1) is 18.7. The number of ether oxygens (including phenoxy) is 3. The third-order valence-corrected chi connectivity index (χ3v) is 8.31. The van der Waals surface area contributed by atoms with Gasteiger partial charge in [0.2, 0.25) is 5.88 Å².